The lowest BCUT2D eigenvalue weighted by Crippen LogP contribution is -2.29. The van der Waals surface area contributed by atoms with E-state index in [2.05, 4.69) is 10.6 Å². The summed E-state index contributed by atoms with van der Waals surface area (Å²) in [7, 11) is 1.88. The highest BCUT2D eigenvalue weighted by molar-refractivity contribution is 5.58. The van der Waals surface area contributed by atoms with Crippen LogP contribution in [0.15, 0.2) is 18.2 Å². The Hall–Kier alpha value is -1.82. The van der Waals surface area contributed by atoms with Crippen molar-refractivity contribution in [2.24, 2.45) is 0 Å². The first-order chi connectivity index (χ1) is 8.58. The van der Waals surface area contributed by atoms with Crippen molar-refractivity contribution in [3.8, 4) is 5.75 Å². The largest absolute Gasteiger partial charge is 0.487 e. The molecule has 1 aromatic rings. The van der Waals surface area contributed by atoms with Crippen LogP contribution in [-0.4, -0.2) is 31.2 Å². The molecule has 6 heteroatoms. The van der Waals surface area contributed by atoms with Crippen LogP contribution in [0.5, 0.6) is 5.75 Å². The number of nitrogens with one attached hydrogen (secondary N) is 2. The van der Waals surface area contributed by atoms with Crippen molar-refractivity contribution in [1.29, 1.82) is 0 Å². The maximum Gasteiger partial charge on any atom is 0.311 e. The number of hydrogen-bond acceptors (Lipinski definition) is 5. The minimum atomic E-state index is -0.439. The maximum atomic E-state index is 10.8. The second kappa shape index (κ2) is 6.80. The van der Waals surface area contributed by atoms with Crippen LogP contribution < -0.4 is 15.4 Å². The SMILES string of the molecule is CCOc1cc(NCC(C)NC)ccc1[N+](=O)[O-]. The summed E-state index contributed by atoms with van der Waals surface area (Å²) in [4.78, 5) is 10.4. The first-order valence-corrected chi connectivity index (χ1v) is 5.90. The Morgan fingerprint density at radius 2 is 2.22 bits per heavy atom. The third kappa shape index (κ3) is 3.89. The monoisotopic (exact) mass is 253 g/mol. The van der Waals surface area contributed by atoms with Crippen molar-refractivity contribution in [2.45, 2.75) is 19.9 Å². The van der Waals surface area contributed by atoms with Crippen molar-refractivity contribution in [1.82, 2.24) is 5.32 Å². The average Bonchev–Trinajstić information content (AvgIpc) is 2.36. The number of rotatable bonds is 7. The van der Waals surface area contributed by atoms with Gasteiger partial charge in [0.2, 0.25) is 0 Å². The summed E-state index contributed by atoms with van der Waals surface area (Å²) < 4.78 is 5.27. The molecule has 0 amide bonds. The Morgan fingerprint density at radius 3 is 2.78 bits per heavy atom. The molecule has 0 saturated carbocycles. The van der Waals surface area contributed by atoms with Crippen molar-refractivity contribution in [3.63, 3.8) is 0 Å². The summed E-state index contributed by atoms with van der Waals surface area (Å²) in [6.07, 6.45) is 0. The number of nitrogens with zero attached hydrogens (tertiary/aromatic N) is 1. The maximum absolute atomic E-state index is 10.8. The summed E-state index contributed by atoms with van der Waals surface area (Å²) in [5, 5.41) is 17.1. The van der Waals surface area contributed by atoms with E-state index >= 15 is 0 Å². The van der Waals surface area contributed by atoms with E-state index in [1.165, 1.54) is 6.07 Å². The van der Waals surface area contributed by atoms with E-state index in [9.17, 15) is 10.1 Å². The summed E-state index contributed by atoms with van der Waals surface area (Å²) in [6.45, 7) is 4.98. The molecule has 1 unspecified atom stereocenters. The zero-order valence-corrected chi connectivity index (χ0v) is 10.9. The third-order valence-corrected chi connectivity index (χ3v) is 2.56. The normalized spacial score (nSPS) is 11.9. The Kier molecular flexibility index (Phi) is 5.38. The molecule has 2 N–H and O–H groups in total. The van der Waals surface area contributed by atoms with Gasteiger partial charge in [-0.05, 0) is 27.0 Å². The second-order valence-corrected chi connectivity index (χ2v) is 3.94. The third-order valence-electron chi connectivity index (χ3n) is 2.56. The Morgan fingerprint density at radius 1 is 1.50 bits per heavy atom. The van der Waals surface area contributed by atoms with Gasteiger partial charge in [-0.2, -0.15) is 0 Å². The topological polar surface area (TPSA) is 76.4 Å². The van der Waals surface area contributed by atoms with E-state index < -0.39 is 4.92 Å². The van der Waals surface area contributed by atoms with E-state index in [4.69, 9.17) is 4.74 Å². The molecular formula is C12H19N3O3. The lowest BCUT2D eigenvalue weighted by molar-refractivity contribution is -0.385. The lowest BCUT2D eigenvalue weighted by Gasteiger charge is -2.13. The molecule has 0 aliphatic heterocycles. The molecule has 0 aliphatic rings. The molecule has 6 nitrogen and oxygen atoms in total. The summed E-state index contributed by atoms with van der Waals surface area (Å²) in [5.41, 5.74) is 0.801. The van der Waals surface area contributed by atoms with Gasteiger partial charge in [-0.15, -0.1) is 0 Å². The van der Waals surface area contributed by atoms with Crippen LogP contribution in [0.25, 0.3) is 0 Å². The summed E-state index contributed by atoms with van der Waals surface area (Å²) in [6, 6.07) is 5.11. The van der Waals surface area contributed by atoms with Gasteiger partial charge in [-0.25, -0.2) is 0 Å². The molecule has 0 spiro atoms. The molecule has 18 heavy (non-hydrogen) atoms. The zero-order chi connectivity index (χ0) is 13.5. The molecule has 0 bridgehead atoms. The first-order valence-electron chi connectivity index (χ1n) is 5.90. The standard InChI is InChI=1S/C12H19N3O3/c1-4-18-12-7-10(14-8-9(2)13-3)5-6-11(12)15(16)17/h5-7,9,13-14H,4,8H2,1-3H3. The van der Waals surface area contributed by atoms with Gasteiger partial charge in [0.1, 0.15) is 0 Å². The zero-order valence-electron chi connectivity index (χ0n) is 10.9. The quantitative estimate of drug-likeness (QED) is 0.574. The van der Waals surface area contributed by atoms with Crippen LogP contribution in [-0.2, 0) is 0 Å². The number of hydrogen-bond donors (Lipinski definition) is 2. The molecule has 1 aromatic carbocycles. The smallest absolute Gasteiger partial charge is 0.311 e. The van der Waals surface area contributed by atoms with Crippen molar-refractivity contribution >= 4 is 11.4 Å². The van der Waals surface area contributed by atoms with Crippen molar-refractivity contribution < 1.29 is 9.66 Å². The van der Waals surface area contributed by atoms with Gasteiger partial charge in [0.05, 0.1) is 11.5 Å². The minimum Gasteiger partial charge on any atom is -0.487 e. The predicted molar refractivity (Wildman–Crippen MR) is 71.3 cm³/mol. The number of nitro benzene ring substituents is 1. The molecule has 0 fully saturated rings. The van der Waals surface area contributed by atoms with Crippen LogP contribution >= 0.6 is 0 Å². The van der Waals surface area contributed by atoms with Crippen LogP contribution in [0, 0.1) is 10.1 Å². The highest BCUT2D eigenvalue weighted by Gasteiger charge is 2.15. The molecule has 0 heterocycles. The van der Waals surface area contributed by atoms with E-state index in [-0.39, 0.29) is 5.69 Å². The molecule has 100 valence electrons. The van der Waals surface area contributed by atoms with Gasteiger partial charge in [-0.1, -0.05) is 0 Å². The second-order valence-electron chi connectivity index (χ2n) is 3.94. The predicted octanol–water partition coefficient (Wildman–Crippen LogP) is 2.01. The van der Waals surface area contributed by atoms with Gasteiger partial charge in [0, 0.05) is 30.4 Å². The lowest BCUT2D eigenvalue weighted by atomic mass is 10.2. The fraction of sp³-hybridized carbons (Fsp3) is 0.500. The molecule has 1 rings (SSSR count). The van der Waals surface area contributed by atoms with E-state index in [0.717, 1.165) is 12.2 Å². The van der Waals surface area contributed by atoms with E-state index in [1.807, 2.05) is 14.0 Å². The molecular weight excluding hydrogens is 234 g/mol. The molecule has 0 aromatic heterocycles. The number of ether oxygens (including phenoxy) is 1. The Balaban J connectivity index is 2.82. The summed E-state index contributed by atoms with van der Waals surface area (Å²) >= 11 is 0. The van der Waals surface area contributed by atoms with Gasteiger partial charge >= 0.3 is 5.69 Å². The van der Waals surface area contributed by atoms with Gasteiger partial charge in [0.15, 0.2) is 5.75 Å². The van der Waals surface area contributed by atoms with Crippen LogP contribution in [0.2, 0.25) is 0 Å². The Labute approximate surface area is 106 Å². The highest BCUT2D eigenvalue weighted by atomic mass is 16.6. The molecule has 1 atom stereocenters. The van der Waals surface area contributed by atoms with Gasteiger partial charge in [0.25, 0.3) is 0 Å². The van der Waals surface area contributed by atoms with Crippen molar-refractivity contribution in [3.05, 3.63) is 28.3 Å². The van der Waals surface area contributed by atoms with Gasteiger partial charge in [-0.3, -0.25) is 10.1 Å². The van der Waals surface area contributed by atoms with Crippen LogP contribution in [0.3, 0.4) is 0 Å². The van der Waals surface area contributed by atoms with Crippen molar-refractivity contribution in [2.75, 3.05) is 25.5 Å². The number of anilines is 1. The number of benzene rings is 1. The number of nitro groups is 1. The Bertz CT molecular complexity index is 410. The fourth-order valence-corrected chi connectivity index (χ4v) is 1.42. The molecule has 0 aliphatic carbocycles. The van der Waals surface area contributed by atoms with Crippen LogP contribution in [0.1, 0.15) is 13.8 Å². The minimum absolute atomic E-state index is 0.0101. The average molecular weight is 253 g/mol. The van der Waals surface area contributed by atoms with Crippen LogP contribution in [0.4, 0.5) is 11.4 Å². The first kappa shape index (κ1) is 14.2. The van der Waals surface area contributed by atoms with E-state index in [0.29, 0.717) is 18.4 Å². The van der Waals surface area contributed by atoms with E-state index in [1.54, 1.807) is 19.1 Å². The van der Waals surface area contributed by atoms with Gasteiger partial charge < -0.3 is 15.4 Å². The molecule has 0 radical (unpaired) electrons. The highest BCUT2D eigenvalue weighted by Crippen LogP contribution is 2.29. The number of likely N-dealkylation sites (N-methyl/N-ethyl adjacent to an activating group) is 1. The summed E-state index contributed by atoms with van der Waals surface area (Å²) in [5.74, 6) is 0.296. The fourth-order valence-electron chi connectivity index (χ4n) is 1.42. The molecule has 0 saturated heterocycles.